The minimum atomic E-state index is -1.13. The highest BCUT2D eigenvalue weighted by molar-refractivity contribution is 5.85. The Labute approximate surface area is 73.6 Å². The number of nitrogens with one attached hydrogen (secondary N) is 1. The Balaban J connectivity index is 2.73. The van der Waals surface area contributed by atoms with Gasteiger partial charge in [0.1, 0.15) is 18.8 Å². The molecule has 1 heterocycles. The predicted octanol–water partition coefficient (Wildman–Crippen LogP) is 0.556. The molecule has 1 aromatic heterocycles. The van der Waals surface area contributed by atoms with E-state index in [0.29, 0.717) is 5.82 Å². The highest BCUT2D eigenvalue weighted by Crippen LogP contribution is 2.02. The predicted molar refractivity (Wildman–Crippen MR) is 43.5 cm³/mol. The number of hydrogen-bond acceptors (Lipinski definition) is 4. The van der Waals surface area contributed by atoms with Gasteiger partial charge in [-0.3, -0.25) is 0 Å². The summed E-state index contributed by atoms with van der Waals surface area (Å²) in [5, 5.41) is 11.1. The molecule has 0 radical (unpaired) electrons. The summed E-state index contributed by atoms with van der Waals surface area (Å²) in [6, 6.07) is 1.25. The number of carbonyl (C=O) groups is 1. The Morgan fingerprint density at radius 1 is 1.62 bits per heavy atom. The zero-order valence-electron chi connectivity index (χ0n) is 6.70. The van der Waals surface area contributed by atoms with Gasteiger partial charge < -0.3 is 10.4 Å². The van der Waals surface area contributed by atoms with E-state index < -0.39 is 12.6 Å². The third-order valence-electron chi connectivity index (χ3n) is 1.29. The summed E-state index contributed by atoms with van der Waals surface area (Å²) in [6.45, 7) is -0.428. The molecule has 2 N–H and O–H groups in total. The molecule has 70 valence electrons. The molecular formula is C7H8FN3O2. The highest BCUT2D eigenvalue weighted by atomic mass is 19.1. The number of halogens is 1. The van der Waals surface area contributed by atoms with Crippen LogP contribution in [-0.4, -0.2) is 34.3 Å². The summed E-state index contributed by atoms with van der Waals surface area (Å²) >= 11 is 0. The molecule has 0 amide bonds. The lowest BCUT2D eigenvalue weighted by Gasteiger charge is -2.01. The number of alkyl halides is 1. The van der Waals surface area contributed by atoms with Gasteiger partial charge in [-0.1, -0.05) is 0 Å². The molecule has 6 heteroatoms. The molecule has 0 aliphatic carbocycles. The second-order valence-corrected chi connectivity index (χ2v) is 2.21. The van der Waals surface area contributed by atoms with Crippen molar-refractivity contribution in [3.8, 4) is 0 Å². The van der Waals surface area contributed by atoms with Gasteiger partial charge in [0.05, 0.1) is 0 Å². The van der Waals surface area contributed by atoms with Gasteiger partial charge >= 0.3 is 5.97 Å². The van der Waals surface area contributed by atoms with Crippen LogP contribution < -0.4 is 5.32 Å². The van der Waals surface area contributed by atoms with Crippen LogP contribution in [0.25, 0.3) is 0 Å². The van der Waals surface area contributed by atoms with Crippen molar-refractivity contribution < 1.29 is 14.3 Å². The number of carboxylic acid groups (broad SMARTS) is 1. The Kier molecular flexibility index (Phi) is 3.13. The number of aromatic carboxylic acids is 1. The molecule has 0 aliphatic heterocycles. The second kappa shape index (κ2) is 4.34. The Bertz CT molecular complexity index is 306. The monoisotopic (exact) mass is 185 g/mol. The molecule has 0 bridgehead atoms. The first kappa shape index (κ1) is 9.37. The number of aromatic nitrogens is 2. The van der Waals surface area contributed by atoms with Crippen molar-refractivity contribution in [2.75, 3.05) is 18.5 Å². The number of nitrogens with zero attached hydrogens (tertiary/aromatic N) is 2. The zero-order valence-corrected chi connectivity index (χ0v) is 6.70. The van der Waals surface area contributed by atoms with Crippen molar-refractivity contribution in [2.24, 2.45) is 0 Å². The molecule has 0 fully saturated rings. The van der Waals surface area contributed by atoms with Gasteiger partial charge in [0, 0.05) is 12.6 Å². The van der Waals surface area contributed by atoms with Crippen molar-refractivity contribution >= 4 is 11.8 Å². The van der Waals surface area contributed by atoms with E-state index in [-0.39, 0.29) is 12.2 Å². The maximum atomic E-state index is 11.7. The summed E-state index contributed by atoms with van der Waals surface area (Å²) in [7, 11) is 0. The lowest BCUT2D eigenvalue weighted by atomic mass is 10.4. The Morgan fingerprint density at radius 2 is 2.38 bits per heavy atom. The topological polar surface area (TPSA) is 75.1 Å². The van der Waals surface area contributed by atoms with Crippen LogP contribution in [0.1, 0.15) is 10.5 Å². The standard InChI is InChI=1S/C7H8FN3O2/c8-1-2-9-6-3-5(7(12)13)10-4-11-6/h3-4H,1-2H2,(H,12,13)(H,9,10,11). The van der Waals surface area contributed by atoms with E-state index in [1.54, 1.807) is 0 Å². The quantitative estimate of drug-likeness (QED) is 0.716. The first-order valence-corrected chi connectivity index (χ1v) is 3.59. The van der Waals surface area contributed by atoms with E-state index >= 15 is 0 Å². The average molecular weight is 185 g/mol. The Morgan fingerprint density at radius 3 is 3.00 bits per heavy atom. The second-order valence-electron chi connectivity index (χ2n) is 2.21. The van der Waals surface area contributed by atoms with E-state index in [2.05, 4.69) is 15.3 Å². The van der Waals surface area contributed by atoms with E-state index in [4.69, 9.17) is 5.11 Å². The summed E-state index contributed by atoms with van der Waals surface area (Å²) in [5.41, 5.74) is -0.114. The largest absolute Gasteiger partial charge is 0.477 e. The fourth-order valence-corrected chi connectivity index (χ4v) is 0.746. The fourth-order valence-electron chi connectivity index (χ4n) is 0.746. The molecule has 0 spiro atoms. The fraction of sp³-hybridized carbons (Fsp3) is 0.286. The molecule has 0 saturated carbocycles. The Hall–Kier alpha value is -1.72. The van der Waals surface area contributed by atoms with E-state index in [0.717, 1.165) is 6.33 Å². The molecule has 0 aromatic carbocycles. The van der Waals surface area contributed by atoms with Gasteiger partial charge in [0.15, 0.2) is 5.69 Å². The normalized spacial score (nSPS) is 9.62. The highest BCUT2D eigenvalue weighted by Gasteiger charge is 2.04. The van der Waals surface area contributed by atoms with Gasteiger partial charge in [0.2, 0.25) is 0 Å². The molecule has 13 heavy (non-hydrogen) atoms. The SMILES string of the molecule is O=C(O)c1cc(NCCF)ncn1. The van der Waals surface area contributed by atoms with E-state index in [1.165, 1.54) is 6.07 Å². The molecule has 5 nitrogen and oxygen atoms in total. The van der Waals surface area contributed by atoms with E-state index in [1.807, 2.05) is 0 Å². The van der Waals surface area contributed by atoms with Gasteiger partial charge in [-0.15, -0.1) is 0 Å². The maximum absolute atomic E-state index is 11.7. The van der Waals surface area contributed by atoms with Crippen molar-refractivity contribution in [1.82, 2.24) is 9.97 Å². The molecule has 0 saturated heterocycles. The van der Waals surface area contributed by atoms with Crippen molar-refractivity contribution in [3.05, 3.63) is 18.1 Å². The minimum absolute atomic E-state index is 0.107. The number of rotatable bonds is 4. The molecule has 0 unspecified atom stereocenters. The van der Waals surface area contributed by atoms with Gasteiger partial charge in [-0.2, -0.15) is 0 Å². The van der Waals surface area contributed by atoms with Crippen LogP contribution in [0.4, 0.5) is 10.2 Å². The number of carboxylic acids is 1. The average Bonchev–Trinajstić information content (AvgIpc) is 2.15. The van der Waals surface area contributed by atoms with E-state index in [9.17, 15) is 9.18 Å². The van der Waals surface area contributed by atoms with Crippen molar-refractivity contribution in [3.63, 3.8) is 0 Å². The van der Waals surface area contributed by atoms with Crippen molar-refractivity contribution in [1.29, 1.82) is 0 Å². The summed E-state index contributed by atoms with van der Waals surface area (Å²) < 4.78 is 11.7. The number of anilines is 1. The zero-order chi connectivity index (χ0) is 9.68. The van der Waals surface area contributed by atoms with Crippen LogP contribution in [0.2, 0.25) is 0 Å². The minimum Gasteiger partial charge on any atom is -0.477 e. The van der Waals surface area contributed by atoms with Gasteiger partial charge in [0.25, 0.3) is 0 Å². The van der Waals surface area contributed by atoms with Crippen LogP contribution in [0.3, 0.4) is 0 Å². The summed E-state index contributed by atoms with van der Waals surface area (Å²) in [5.74, 6) is -0.823. The first-order valence-electron chi connectivity index (χ1n) is 3.59. The molecule has 1 aromatic rings. The van der Waals surface area contributed by atoms with Gasteiger partial charge in [-0.05, 0) is 0 Å². The third kappa shape index (κ3) is 2.66. The van der Waals surface area contributed by atoms with Crippen LogP contribution in [0, 0.1) is 0 Å². The first-order chi connectivity index (χ1) is 6.24. The van der Waals surface area contributed by atoms with Crippen LogP contribution in [-0.2, 0) is 0 Å². The number of hydrogen-bond donors (Lipinski definition) is 2. The van der Waals surface area contributed by atoms with Crippen LogP contribution in [0.5, 0.6) is 0 Å². The van der Waals surface area contributed by atoms with Crippen molar-refractivity contribution in [2.45, 2.75) is 0 Å². The lowest BCUT2D eigenvalue weighted by molar-refractivity contribution is 0.0690. The van der Waals surface area contributed by atoms with Crippen LogP contribution >= 0.6 is 0 Å². The summed E-state index contributed by atoms with van der Waals surface area (Å²) in [4.78, 5) is 17.6. The maximum Gasteiger partial charge on any atom is 0.354 e. The molecule has 0 aliphatic rings. The molecule has 0 atom stereocenters. The molecular weight excluding hydrogens is 177 g/mol. The lowest BCUT2D eigenvalue weighted by Crippen LogP contribution is -2.07. The summed E-state index contributed by atoms with van der Waals surface area (Å²) in [6.07, 6.45) is 1.12. The van der Waals surface area contributed by atoms with Gasteiger partial charge in [-0.25, -0.2) is 19.2 Å². The smallest absolute Gasteiger partial charge is 0.354 e. The molecule has 1 rings (SSSR count). The third-order valence-corrected chi connectivity index (χ3v) is 1.29. The van der Waals surface area contributed by atoms with Crippen LogP contribution in [0.15, 0.2) is 12.4 Å².